The third-order valence-corrected chi connectivity index (χ3v) is 3.29. The Bertz CT molecular complexity index is 249. The largest absolute Gasteiger partial charge is 0.103 e. The van der Waals surface area contributed by atoms with E-state index in [9.17, 15) is 0 Å². The van der Waals surface area contributed by atoms with Crippen molar-refractivity contribution in [3.8, 4) is 11.8 Å². The van der Waals surface area contributed by atoms with E-state index in [1.165, 1.54) is 37.7 Å². The molecule has 1 atom stereocenters. The van der Waals surface area contributed by atoms with E-state index in [-0.39, 0.29) is 0 Å². The van der Waals surface area contributed by atoms with Crippen LogP contribution in [0.3, 0.4) is 0 Å². The van der Waals surface area contributed by atoms with Gasteiger partial charge in [0.25, 0.3) is 0 Å². The van der Waals surface area contributed by atoms with Gasteiger partial charge in [0.15, 0.2) is 0 Å². The second kappa shape index (κ2) is 6.72. The summed E-state index contributed by atoms with van der Waals surface area (Å²) < 4.78 is 0. The van der Waals surface area contributed by atoms with Crippen molar-refractivity contribution in [3.05, 3.63) is 12.2 Å². The van der Waals surface area contributed by atoms with Gasteiger partial charge in [-0.15, -0.1) is 5.92 Å². The molecule has 0 bridgehead atoms. The molecule has 0 aromatic carbocycles. The molecular weight excluding hydrogens is 180 g/mol. The molecule has 1 aliphatic rings. The molecule has 0 spiro atoms. The van der Waals surface area contributed by atoms with Gasteiger partial charge in [0.1, 0.15) is 0 Å². The Labute approximate surface area is 95.2 Å². The molecule has 0 amide bonds. The highest BCUT2D eigenvalue weighted by atomic mass is 14.1. The average molecular weight is 204 g/mol. The summed E-state index contributed by atoms with van der Waals surface area (Å²) in [6.07, 6.45) is 8.85. The van der Waals surface area contributed by atoms with E-state index < -0.39 is 0 Å². The molecule has 0 nitrogen and oxygen atoms in total. The van der Waals surface area contributed by atoms with Crippen molar-refractivity contribution in [1.29, 1.82) is 0 Å². The van der Waals surface area contributed by atoms with E-state index in [1.54, 1.807) is 0 Å². The molecule has 0 saturated carbocycles. The van der Waals surface area contributed by atoms with Gasteiger partial charge in [-0.05, 0) is 31.6 Å². The molecule has 0 heterocycles. The molecule has 0 aromatic rings. The summed E-state index contributed by atoms with van der Waals surface area (Å²) in [4.78, 5) is 0. The minimum Gasteiger partial charge on any atom is -0.103 e. The third kappa shape index (κ3) is 5.07. The van der Waals surface area contributed by atoms with Gasteiger partial charge in [-0.1, -0.05) is 44.8 Å². The second-order valence-corrected chi connectivity index (χ2v) is 4.97. The lowest BCUT2D eigenvalue weighted by atomic mass is 9.90. The normalized spacial score (nSPS) is 21.4. The second-order valence-electron chi connectivity index (χ2n) is 4.97. The van der Waals surface area contributed by atoms with Crippen LogP contribution in [0.5, 0.6) is 0 Å². The smallest absolute Gasteiger partial charge is 0.0205 e. The van der Waals surface area contributed by atoms with Crippen LogP contribution in [0.25, 0.3) is 0 Å². The third-order valence-electron chi connectivity index (χ3n) is 3.29. The average Bonchev–Trinajstić information content (AvgIpc) is 2.15. The zero-order chi connectivity index (χ0) is 11.1. The summed E-state index contributed by atoms with van der Waals surface area (Å²) >= 11 is 0. The molecule has 0 saturated heterocycles. The maximum absolute atomic E-state index is 4.13. The highest BCUT2D eigenvalue weighted by molar-refractivity contribution is 5.06. The molecule has 84 valence electrons. The first-order valence-electron chi connectivity index (χ1n) is 6.36. The first-order valence-corrected chi connectivity index (χ1v) is 6.36. The van der Waals surface area contributed by atoms with E-state index >= 15 is 0 Å². The van der Waals surface area contributed by atoms with E-state index in [0.29, 0.717) is 11.8 Å². The van der Waals surface area contributed by atoms with Crippen LogP contribution in [-0.4, -0.2) is 0 Å². The van der Waals surface area contributed by atoms with Crippen LogP contribution < -0.4 is 0 Å². The fourth-order valence-corrected chi connectivity index (χ4v) is 1.93. The first-order chi connectivity index (χ1) is 7.20. The lowest BCUT2D eigenvalue weighted by molar-refractivity contribution is 0.501. The number of hydrogen-bond acceptors (Lipinski definition) is 0. The summed E-state index contributed by atoms with van der Waals surface area (Å²) in [6, 6.07) is 0. The van der Waals surface area contributed by atoms with Gasteiger partial charge in [-0.3, -0.25) is 0 Å². The van der Waals surface area contributed by atoms with Gasteiger partial charge >= 0.3 is 0 Å². The Morgan fingerprint density at radius 3 is 2.87 bits per heavy atom. The van der Waals surface area contributed by atoms with Crippen LogP contribution in [0.4, 0.5) is 0 Å². The molecule has 0 aromatic heterocycles. The van der Waals surface area contributed by atoms with Gasteiger partial charge < -0.3 is 0 Å². The summed E-state index contributed by atoms with van der Waals surface area (Å²) in [7, 11) is 0. The molecule has 1 rings (SSSR count). The molecule has 15 heavy (non-hydrogen) atoms. The zero-order valence-electron chi connectivity index (χ0n) is 10.3. The Morgan fingerprint density at radius 2 is 2.13 bits per heavy atom. The molecule has 1 unspecified atom stereocenters. The molecule has 0 heteroatoms. The summed E-state index contributed by atoms with van der Waals surface area (Å²) in [5.74, 6) is 8.01. The Kier molecular flexibility index (Phi) is 5.54. The van der Waals surface area contributed by atoms with Crippen molar-refractivity contribution < 1.29 is 0 Å². The number of allylic oxidation sites excluding steroid dienone is 1. The van der Waals surface area contributed by atoms with Gasteiger partial charge in [0, 0.05) is 12.3 Å². The zero-order valence-corrected chi connectivity index (χ0v) is 10.3. The summed E-state index contributed by atoms with van der Waals surface area (Å²) in [5, 5.41) is 0. The van der Waals surface area contributed by atoms with Crippen LogP contribution in [0.2, 0.25) is 0 Å². The Hall–Kier alpha value is -0.700. The lowest BCUT2D eigenvalue weighted by Crippen LogP contribution is -2.02. The van der Waals surface area contributed by atoms with E-state index in [1.807, 2.05) is 0 Å². The van der Waals surface area contributed by atoms with Crippen molar-refractivity contribution in [2.75, 3.05) is 0 Å². The van der Waals surface area contributed by atoms with E-state index in [4.69, 9.17) is 0 Å². The maximum Gasteiger partial charge on any atom is 0.0205 e. The van der Waals surface area contributed by atoms with Crippen LogP contribution in [0, 0.1) is 23.7 Å². The van der Waals surface area contributed by atoms with Gasteiger partial charge in [0.05, 0.1) is 0 Å². The van der Waals surface area contributed by atoms with Crippen molar-refractivity contribution in [2.45, 2.75) is 58.8 Å². The minimum absolute atomic E-state index is 0.631. The van der Waals surface area contributed by atoms with Crippen LogP contribution in [0.1, 0.15) is 58.8 Å². The predicted molar refractivity (Wildman–Crippen MR) is 67.6 cm³/mol. The molecule has 0 aliphatic heterocycles. The first kappa shape index (κ1) is 12.4. The van der Waals surface area contributed by atoms with Crippen molar-refractivity contribution in [2.24, 2.45) is 11.8 Å². The fourth-order valence-electron chi connectivity index (χ4n) is 1.93. The molecule has 0 fully saturated rings. The van der Waals surface area contributed by atoms with Crippen LogP contribution in [0.15, 0.2) is 12.2 Å². The van der Waals surface area contributed by atoms with E-state index in [0.717, 1.165) is 12.8 Å². The standard InChI is InChI=1S/C15H24/c1-13(2)14(3)11-12-15-9-7-5-4-6-8-10-15/h13,15H,3-7,9,11-12H2,1-2H3. The predicted octanol–water partition coefficient (Wildman–Crippen LogP) is 4.56. The van der Waals surface area contributed by atoms with Crippen molar-refractivity contribution in [1.82, 2.24) is 0 Å². The monoisotopic (exact) mass is 204 g/mol. The number of hydrogen-bond donors (Lipinski definition) is 0. The Balaban J connectivity index is 2.32. The highest BCUT2D eigenvalue weighted by Crippen LogP contribution is 2.22. The van der Waals surface area contributed by atoms with Crippen molar-refractivity contribution in [3.63, 3.8) is 0 Å². The highest BCUT2D eigenvalue weighted by Gasteiger charge is 2.08. The molecular formula is C15H24. The Morgan fingerprint density at radius 1 is 1.33 bits per heavy atom. The maximum atomic E-state index is 4.13. The summed E-state index contributed by atoms with van der Waals surface area (Å²) in [5.41, 5.74) is 1.39. The minimum atomic E-state index is 0.631. The SMILES string of the molecule is C=C(CCC1C#CCCCCC1)C(C)C. The topological polar surface area (TPSA) is 0 Å². The van der Waals surface area contributed by atoms with Crippen molar-refractivity contribution >= 4 is 0 Å². The van der Waals surface area contributed by atoms with Crippen LogP contribution >= 0.6 is 0 Å². The number of rotatable bonds is 4. The van der Waals surface area contributed by atoms with E-state index in [2.05, 4.69) is 32.3 Å². The summed E-state index contributed by atoms with van der Waals surface area (Å²) in [6.45, 7) is 8.59. The molecule has 0 N–H and O–H groups in total. The van der Waals surface area contributed by atoms with Gasteiger partial charge in [-0.25, -0.2) is 0 Å². The van der Waals surface area contributed by atoms with Gasteiger partial charge in [-0.2, -0.15) is 0 Å². The molecule has 0 radical (unpaired) electrons. The lowest BCUT2D eigenvalue weighted by Gasteiger charge is -2.14. The van der Waals surface area contributed by atoms with Crippen LogP contribution in [-0.2, 0) is 0 Å². The fraction of sp³-hybridized carbons (Fsp3) is 0.733. The molecule has 1 aliphatic carbocycles. The quantitative estimate of drug-likeness (QED) is 0.465. The van der Waals surface area contributed by atoms with Gasteiger partial charge in [0.2, 0.25) is 0 Å².